The number of ether oxygens (including phenoxy) is 2. The Bertz CT molecular complexity index is 1040. The largest absolute Gasteiger partial charge is 0.497 e. The molecule has 0 N–H and O–H groups in total. The van der Waals surface area contributed by atoms with Crippen LogP contribution in [0.5, 0.6) is 11.5 Å². The van der Waals surface area contributed by atoms with Gasteiger partial charge in [0.25, 0.3) is 0 Å². The van der Waals surface area contributed by atoms with Crippen molar-refractivity contribution in [2.75, 3.05) is 26.8 Å². The summed E-state index contributed by atoms with van der Waals surface area (Å²) in [6.45, 7) is 4.34. The number of carbonyl (C=O) groups is 1. The van der Waals surface area contributed by atoms with Gasteiger partial charge in [-0.25, -0.2) is 0 Å². The van der Waals surface area contributed by atoms with Crippen molar-refractivity contribution in [1.29, 1.82) is 0 Å². The number of hydrogen-bond acceptors (Lipinski definition) is 6. The summed E-state index contributed by atoms with van der Waals surface area (Å²) in [6, 6.07) is 15.9. The Balaban J connectivity index is 1.18. The molecule has 2 heterocycles. The molecule has 7 nitrogen and oxygen atoms in total. The fourth-order valence-electron chi connectivity index (χ4n) is 4.35. The van der Waals surface area contributed by atoms with E-state index in [0.717, 1.165) is 55.8 Å². The van der Waals surface area contributed by atoms with Crippen molar-refractivity contribution in [1.82, 2.24) is 15.0 Å². The molecule has 3 aromatic rings. The maximum absolute atomic E-state index is 12.7. The Kier molecular flexibility index (Phi) is 8.17. The van der Waals surface area contributed by atoms with Crippen LogP contribution in [0, 0.1) is 5.92 Å². The lowest BCUT2D eigenvalue weighted by Gasteiger charge is -2.32. The van der Waals surface area contributed by atoms with E-state index in [1.54, 1.807) is 7.11 Å². The second-order valence-electron chi connectivity index (χ2n) is 8.68. The average molecular weight is 464 g/mol. The van der Waals surface area contributed by atoms with Crippen LogP contribution < -0.4 is 9.47 Å². The van der Waals surface area contributed by atoms with Crippen LogP contribution in [0.2, 0.25) is 0 Å². The van der Waals surface area contributed by atoms with Crippen molar-refractivity contribution in [3.05, 3.63) is 60.0 Å². The summed E-state index contributed by atoms with van der Waals surface area (Å²) in [5.41, 5.74) is 2.20. The summed E-state index contributed by atoms with van der Waals surface area (Å²) in [4.78, 5) is 19.1. The first-order valence-corrected chi connectivity index (χ1v) is 12.1. The zero-order valence-electron chi connectivity index (χ0n) is 20.0. The highest BCUT2D eigenvalue weighted by atomic mass is 16.5. The van der Waals surface area contributed by atoms with Gasteiger partial charge >= 0.3 is 0 Å². The lowest BCUT2D eigenvalue weighted by atomic mass is 9.90. The molecule has 0 aliphatic carbocycles. The van der Waals surface area contributed by atoms with E-state index in [9.17, 15) is 4.79 Å². The molecule has 0 atom stereocenters. The molecule has 1 aliphatic rings. The monoisotopic (exact) mass is 463 g/mol. The van der Waals surface area contributed by atoms with Gasteiger partial charge in [0.05, 0.1) is 13.7 Å². The summed E-state index contributed by atoms with van der Waals surface area (Å²) >= 11 is 0. The van der Waals surface area contributed by atoms with Crippen LogP contribution in [0.4, 0.5) is 0 Å². The fraction of sp³-hybridized carbons (Fsp3) is 0.444. The zero-order valence-corrected chi connectivity index (χ0v) is 20.0. The third-order valence-corrected chi connectivity index (χ3v) is 6.41. The van der Waals surface area contributed by atoms with Gasteiger partial charge in [0.1, 0.15) is 11.5 Å². The third-order valence-electron chi connectivity index (χ3n) is 6.41. The molecule has 0 unspecified atom stereocenters. The van der Waals surface area contributed by atoms with E-state index >= 15 is 0 Å². The number of rotatable bonds is 10. The van der Waals surface area contributed by atoms with E-state index in [2.05, 4.69) is 22.3 Å². The van der Waals surface area contributed by atoms with E-state index in [1.165, 1.54) is 5.56 Å². The SMILES string of the molecule is CCOc1ccc(CCC2CCN(C(=O)CCc3nc(-c4ccc(OC)cc4)no3)CC2)cc1. The van der Waals surface area contributed by atoms with Gasteiger partial charge in [0.15, 0.2) is 0 Å². The van der Waals surface area contributed by atoms with E-state index in [-0.39, 0.29) is 5.91 Å². The third kappa shape index (κ3) is 6.37. The van der Waals surface area contributed by atoms with Gasteiger partial charge in [-0.05, 0) is 80.5 Å². The summed E-state index contributed by atoms with van der Waals surface area (Å²) < 4.78 is 16.0. The molecule has 0 spiro atoms. The smallest absolute Gasteiger partial charge is 0.227 e. The molecule has 0 radical (unpaired) electrons. The molecule has 0 saturated carbocycles. The number of likely N-dealkylation sites (tertiary alicyclic amines) is 1. The molecule has 1 aromatic heterocycles. The molecular weight excluding hydrogens is 430 g/mol. The molecule has 34 heavy (non-hydrogen) atoms. The first kappa shape index (κ1) is 23.8. The summed E-state index contributed by atoms with van der Waals surface area (Å²) in [5.74, 6) is 3.55. The molecule has 0 bridgehead atoms. The number of aryl methyl sites for hydroxylation is 2. The van der Waals surface area contributed by atoms with E-state index in [0.29, 0.717) is 37.1 Å². The maximum atomic E-state index is 12.7. The quantitative estimate of drug-likeness (QED) is 0.423. The second-order valence-corrected chi connectivity index (χ2v) is 8.68. The van der Waals surface area contributed by atoms with E-state index in [4.69, 9.17) is 14.0 Å². The molecule has 1 saturated heterocycles. The van der Waals surface area contributed by atoms with Gasteiger partial charge in [-0.3, -0.25) is 4.79 Å². The van der Waals surface area contributed by atoms with Gasteiger partial charge in [-0.2, -0.15) is 4.98 Å². The molecule has 1 amide bonds. The van der Waals surface area contributed by atoms with E-state index < -0.39 is 0 Å². The van der Waals surface area contributed by atoms with Crippen LogP contribution in [0.3, 0.4) is 0 Å². The predicted octanol–water partition coefficient (Wildman–Crippen LogP) is 4.95. The summed E-state index contributed by atoms with van der Waals surface area (Å²) in [7, 11) is 1.63. The lowest BCUT2D eigenvalue weighted by Crippen LogP contribution is -2.38. The Labute approximate surface area is 201 Å². The lowest BCUT2D eigenvalue weighted by molar-refractivity contribution is -0.132. The standard InChI is InChI=1S/C27H33N3O4/c1-3-33-24-10-6-20(7-11-24)4-5-21-16-18-30(19-17-21)26(31)15-14-25-28-27(29-34-25)22-8-12-23(32-2)13-9-22/h6-13,21H,3-5,14-19H2,1-2H3. The molecule has 4 rings (SSSR count). The minimum absolute atomic E-state index is 0.161. The molecule has 1 aliphatic heterocycles. The Morgan fingerprint density at radius 3 is 2.41 bits per heavy atom. The normalized spacial score (nSPS) is 14.2. The highest BCUT2D eigenvalue weighted by Crippen LogP contribution is 2.24. The van der Waals surface area contributed by atoms with Crippen LogP contribution in [0.1, 0.15) is 44.1 Å². The van der Waals surface area contributed by atoms with Crippen molar-refractivity contribution < 1.29 is 18.8 Å². The van der Waals surface area contributed by atoms with Gasteiger partial charge in [-0.15, -0.1) is 0 Å². The number of hydrogen-bond donors (Lipinski definition) is 0. The Morgan fingerprint density at radius 2 is 1.74 bits per heavy atom. The minimum Gasteiger partial charge on any atom is -0.497 e. The Morgan fingerprint density at radius 1 is 1.03 bits per heavy atom. The van der Waals surface area contributed by atoms with Crippen LogP contribution in [-0.4, -0.2) is 47.8 Å². The van der Waals surface area contributed by atoms with E-state index in [1.807, 2.05) is 48.2 Å². The van der Waals surface area contributed by atoms with Crippen molar-refractivity contribution >= 4 is 5.91 Å². The van der Waals surface area contributed by atoms with Gasteiger partial charge in [0.2, 0.25) is 17.6 Å². The fourth-order valence-corrected chi connectivity index (χ4v) is 4.35. The number of nitrogens with zero attached hydrogens (tertiary/aromatic N) is 3. The number of amides is 1. The average Bonchev–Trinajstić information content (AvgIpc) is 3.36. The van der Waals surface area contributed by atoms with Gasteiger partial charge in [-0.1, -0.05) is 17.3 Å². The summed E-state index contributed by atoms with van der Waals surface area (Å²) in [6.07, 6.45) is 5.20. The second kappa shape index (κ2) is 11.7. The van der Waals surface area contributed by atoms with Crippen molar-refractivity contribution in [3.8, 4) is 22.9 Å². The highest BCUT2D eigenvalue weighted by Gasteiger charge is 2.23. The number of methoxy groups -OCH3 is 1. The van der Waals surface area contributed by atoms with Crippen LogP contribution >= 0.6 is 0 Å². The first-order valence-electron chi connectivity index (χ1n) is 12.1. The minimum atomic E-state index is 0.161. The van der Waals surface area contributed by atoms with Crippen molar-refractivity contribution in [2.24, 2.45) is 5.92 Å². The molecule has 1 fully saturated rings. The molecule has 2 aromatic carbocycles. The van der Waals surface area contributed by atoms with Crippen molar-refractivity contribution in [3.63, 3.8) is 0 Å². The van der Waals surface area contributed by atoms with Gasteiger partial charge < -0.3 is 18.9 Å². The summed E-state index contributed by atoms with van der Waals surface area (Å²) in [5, 5.41) is 4.04. The number of benzene rings is 2. The number of aromatic nitrogens is 2. The topological polar surface area (TPSA) is 77.7 Å². The molecule has 7 heteroatoms. The molecule has 180 valence electrons. The maximum Gasteiger partial charge on any atom is 0.227 e. The number of carbonyl (C=O) groups excluding carboxylic acids is 1. The predicted molar refractivity (Wildman–Crippen MR) is 130 cm³/mol. The van der Waals surface area contributed by atoms with Gasteiger partial charge in [0, 0.05) is 31.5 Å². The van der Waals surface area contributed by atoms with Crippen molar-refractivity contribution in [2.45, 2.75) is 45.4 Å². The Hall–Kier alpha value is -3.35. The van der Waals surface area contributed by atoms with Crippen LogP contribution in [-0.2, 0) is 17.6 Å². The first-order chi connectivity index (χ1) is 16.6. The van der Waals surface area contributed by atoms with Crippen LogP contribution in [0.25, 0.3) is 11.4 Å². The number of piperidine rings is 1. The molecular formula is C27H33N3O4. The zero-order chi connectivity index (χ0) is 23.8. The highest BCUT2D eigenvalue weighted by molar-refractivity contribution is 5.76. The van der Waals surface area contributed by atoms with Crippen LogP contribution in [0.15, 0.2) is 53.1 Å².